The zero-order valence-electron chi connectivity index (χ0n) is 13.9. The van der Waals surface area contributed by atoms with Gasteiger partial charge >= 0.3 is 5.97 Å². The highest BCUT2D eigenvalue weighted by Gasteiger charge is 2.14. The minimum Gasteiger partial charge on any atom is -0.481 e. The Hall–Kier alpha value is -2.54. The molecule has 4 aromatic rings. The van der Waals surface area contributed by atoms with E-state index in [2.05, 4.69) is 9.97 Å². The summed E-state index contributed by atoms with van der Waals surface area (Å²) in [5.41, 5.74) is 3.22. The number of hydrogen-bond donors (Lipinski definition) is 1. The number of para-hydroxylation sites is 1. The predicted molar refractivity (Wildman–Crippen MR) is 112 cm³/mol. The summed E-state index contributed by atoms with van der Waals surface area (Å²) in [6.45, 7) is 0. The van der Waals surface area contributed by atoms with Crippen molar-refractivity contribution >= 4 is 62.1 Å². The fourth-order valence-corrected chi connectivity index (χ4v) is 4.51. The number of aliphatic carboxylic acids is 1. The fraction of sp³-hybridized carbons (Fsp3) is 0.0500. The number of thiazole rings is 2. The van der Waals surface area contributed by atoms with Crippen LogP contribution in [0.1, 0.15) is 17.1 Å². The third-order valence-corrected chi connectivity index (χ3v) is 6.12. The minimum atomic E-state index is -0.895. The molecule has 4 rings (SSSR count). The number of hydrogen-bond acceptors (Lipinski definition) is 5. The first-order valence-electron chi connectivity index (χ1n) is 8.08. The molecule has 2 heterocycles. The highest BCUT2D eigenvalue weighted by Crippen LogP contribution is 2.31. The molecule has 0 aliphatic rings. The van der Waals surface area contributed by atoms with Crippen LogP contribution in [-0.2, 0) is 4.79 Å². The van der Waals surface area contributed by atoms with Crippen molar-refractivity contribution in [3.05, 3.63) is 69.6 Å². The third-order valence-electron chi connectivity index (χ3n) is 3.85. The molecule has 0 atom stereocenters. The van der Waals surface area contributed by atoms with Crippen molar-refractivity contribution in [1.29, 1.82) is 0 Å². The lowest BCUT2D eigenvalue weighted by molar-refractivity contribution is -0.135. The quantitative estimate of drug-likeness (QED) is 0.431. The van der Waals surface area contributed by atoms with Crippen LogP contribution >= 0.6 is 34.3 Å². The van der Waals surface area contributed by atoms with Crippen LogP contribution < -0.4 is 0 Å². The number of halogens is 1. The average Bonchev–Trinajstić information content (AvgIpc) is 3.28. The molecular weight excluding hydrogens is 400 g/mol. The second-order valence-electron chi connectivity index (χ2n) is 5.81. The molecular formula is C20H13ClN2O2S2. The van der Waals surface area contributed by atoms with E-state index in [9.17, 15) is 9.90 Å². The number of carboxylic acid groups (broad SMARTS) is 1. The van der Waals surface area contributed by atoms with Gasteiger partial charge in [0.15, 0.2) is 0 Å². The summed E-state index contributed by atoms with van der Waals surface area (Å²) < 4.78 is 1.03. The number of nitrogens with zero attached hydrogens (tertiary/aromatic N) is 2. The molecule has 1 N–H and O–H groups in total. The lowest BCUT2D eigenvalue weighted by atomic mass is 10.1. The van der Waals surface area contributed by atoms with Crippen molar-refractivity contribution in [2.75, 3.05) is 0 Å². The molecule has 4 nitrogen and oxygen atoms in total. The smallest absolute Gasteiger partial charge is 0.307 e. The lowest BCUT2D eigenvalue weighted by Gasteiger charge is -2.00. The Labute approximate surface area is 168 Å². The zero-order valence-corrected chi connectivity index (χ0v) is 16.3. The van der Waals surface area contributed by atoms with E-state index in [0.717, 1.165) is 26.5 Å². The van der Waals surface area contributed by atoms with Crippen LogP contribution in [0.4, 0.5) is 0 Å². The molecule has 0 unspecified atom stereocenters. The molecule has 27 heavy (non-hydrogen) atoms. The monoisotopic (exact) mass is 412 g/mol. The van der Waals surface area contributed by atoms with Crippen LogP contribution in [-0.4, -0.2) is 21.0 Å². The van der Waals surface area contributed by atoms with Crippen LogP contribution in [0.25, 0.3) is 32.4 Å². The van der Waals surface area contributed by atoms with Gasteiger partial charge in [0.1, 0.15) is 10.0 Å². The van der Waals surface area contributed by atoms with E-state index >= 15 is 0 Å². The van der Waals surface area contributed by atoms with Gasteiger partial charge in [-0.15, -0.1) is 22.7 Å². The summed E-state index contributed by atoms with van der Waals surface area (Å²) in [5, 5.41) is 13.5. The summed E-state index contributed by atoms with van der Waals surface area (Å²) in [7, 11) is 0. The Morgan fingerprint density at radius 2 is 1.89 bits per heavy atom. The van der Waals surface area contributed by atoms with E-state index in [0.29, 0.717) is 15.6 Å². The number of fused-ring (bicyclic) bond motifs is 1. The third kappa shape index (κ3) is 4.08. The molecule has 134 valence electrons. The van der Waals surface area contributed by atoms with Crippen LogP contribution in [0, 0.1) is 0 Å². The van der Waals surface area contributed by atoms with Crippen LogP contribution in [0.15, 0.2) is 53.9 Å². The maximum Gasteiger partial charge on any atom is 0.307 e. The van der Waals surface area contributed by atoms with Crippen LogP contribution in [0.3, 0.4) is 0 Å². The van der Waals surface area contributed by atoms with Crippen molar-refractivity contribution < 1.29 is 9.90 Å². The molecule has 2 aromatic heterocycles. The van der Waals surface area contributed by atoms with E-state index in [1.165, 1.54) is 22.7 Å². The Bertz CT molecular complexity index is 1110. The number of carboxylic acids is 1. The number of carbonyl (C=O) groups is 1. The molecule has 0 saturated heterocycles. The predicted octanol–water partition coefficient (Wildman–Crippen LogP) is 6.09. The zero-order chi connectivity index (χ0) is 18.8. The van der Waals surface area contributed by atoms with Gasteiger partial charge in [-0.2, -0.15) is 0 Å². The molecule has 0 radical (unpaired) electrons. The van der Waals surface area contributed by atoms with Crippen molar-refractivity contribution in [3.63, 3.8) is 0 Å². The molecule has 0 aliphatic heterocycles. The summed E-state index contributed by atoms with van der Waals surface area (Å²) in [6.07, 6.45) is 1.70. The Morgan fingerprint density at radius 1 is 1.11 bits per heavy atom. The summed E-state index contributed by atoms with van der Waals surface area (Å²) in [6, 6.07) is 15.3. The van der Waals surface area contributed by atoms with Crippen LogP contribution in [0.2, 0.25) is 5.02 Å². The molecule has 0 spiro atoms. The number of benzene rings is 2. The van der Waals surface area contributed by atoms with Gasteiger partial charge in [0.2, 0.25) is 0 Å². The molecule has 0 saturated carbocycles. The molecule has 0 amide bonds. The first-order valence-corrected chi connectivity index (χ1v) is 10.2. The first-order chi connectivity index (χ1) is 13.1. The van der Waals surface area contributed by atoms with Gasteiger partial charge in [0, 0.05) is 21.5 Å². The standard InChI is InChI=1S/C20H13ClN2O2S2/c21-14-7-5-12(6-8-14)19-22-15(11-26-19)9-13(10-18(24)25)20-23-16-3-1-2-4-17(16)27-20/h1-9,11H,10H2,(H,24,25)/b13-9+. The SMILES string of the molecule is O=C(O)C/C(=C\c1csc(-c2ccc(Cl)cc2)n1)c1nc2ccccc2s1. The number of aromatic nitrogens is 2. The second-order valence-corrected chi connectivity index (χ2v) is 8.14. The summed E-state index contributed by atoms with van der Waals surface area (Å²) in [4.78, 5) is 20.6. The van der Waals surface area contributed by atoms with Gasteiger partial charge < -0.3 is 5.11 Å². The van der Waals surface area contributed by atoms with Crippen molar-refractivity contribution in [2.24, 2.45) is 0 Å². The van der Waals surface area contributed by atoms with E-state index in [1.807, 2.05) is 60.0 Å². The van der Waals surface area contributed by atoms with Gasteiger partial charge in [-0.25, -0.2) is 9.97 Å². The highest BCUT2D eigenvalue weighted by molar-refractivity contribution is 7.19. The van der Waals surface area contributed by atoms with E-state index < -0.39 is 5.97 Å². The van der Waals surface area contributed by atoms with Gasteiger partial charge in [-0.3, -0.25) is 4.79 Å². The maximum atomic E-state index is 11.4. The Kier molecular flexibility index (Phi) is 5.03. The van der Waals surface area contributed by atoms with Gasteiger partial charge in [0.25, 0.3) is 0 Å². The fourth-order valence-electron chi connectivity index (χ4n) is 2.62. The van der Waals surface area contributed by atoms with Crippen LogP contribution in [0.5, 0.6) is 0 Å². The van der Waals surface area contributed by atoms with E-state index in [4.69, 9.17) is 11.6 Å². The molecule has 0 aliphatic carbocycles. The molecule has 2 aromatic carbocycles. The van der Waals surface area contributed by atoms with Crippen molar-refractivity contribution in [3.8, 4) is 10.6 Å². The van der Waals surface area contributed by atoms with Gasteiger partial charge in [-0.1, -0.05) is 35.9 Å². The van der Waals surface area contributed by atoms with Gasteiger partial charge in [-0.05, 0) is 30.3 Å². The molecule has 0 bridgehead atoms. The normalized spacial score (nSPS) is 11.8. The average molecular weight is 413 g/mol. The summed E-state index contributed by atoms with van der Waals surface area (Å²) >= 11 is 8.93. The maximum absolute atomic E-state index is 11.4. The first kappa shape index (κ1) is 17.9. The van der Waals surface area contributed by atoms with Gasteiger partial charge in [0.05, 0.1) is 22.3 Å². The lowest BCUT2D eigenvalue weighted by Crippen LogP contribution is -1.97. The van der Waals surface area contributed by atoms with Crippen molar-refractivity contribution in [2.45, 2.75) is 6.42 Å². The number of rotatable bonds is 5. The van der Waals surface area contributed by atoms with Crippen molar-refractivity contribution in [1.82, 2.24) is 9.97 Å². The van der Waals surface area contributed by atoms with E-state index in [-0.39, 0.29) is 6.42 Å². The second kappa shape index (κ2) is 7.60. The van der Waals surface area contributed by atoms with E-state index in [1.54, 1.807) is 0 Å². The topological polar surface area (TPSA) is 63.1 Å². The Morgan fingerprint density at radius 3 is 2.63 bits per heavy atom. The highest BCUT2D eigenvalue weighted by atomic mass is 35.5. The molecule has 7 heteroatoms. The molecule has 0 fully saturated rings. The summed E-state index contributed by atoms with van der Waals surface area (Å²) in [5.74, 6) is -0.895. The largest absolute Gasteiger partial charge is 0.481 e. The Balaban J connectivity index is 1.71. The minimum absolute atomic E-state index is 0.104.